The van der Waals surface area contributed by atoms with E-state index in [-0.39, 0.29) is 18.4 Å². The van der Waals surface area contributed by atoms with Gasteiger partial charge in [-0.25, -0.2) is 9.67 Å². The summed E-state index contributed by atoms with van der Waals surface area (Å²) >= 11 is 0. The van der Waals surface area contributed by atoms with Crippen molar-refractivity contribution in [2.24, 2.45) is 0 Å². The Labute approximate surface area is 125 Å². The first-order valence-electron chi connectivity index (χ1n) is 6.52. The number of ether oxygens (including phenoxy) is 1. The predicted octanol–water partition coefficient (Wildman–Crippen LogP) is 1.58. The van der Waals surface area contributed by atoms with E-state index in [4.69, 9.17) is 9.26 Å². The molecule has 1 aromatic carbocycles. The molecule has 0 unspecified atom stereocenters. The number of anilines is 1. The number of carbonyl (C=O) groups is 1. The maximum absolute atomic E-state index is 12.0. The fraction of sp³-hybridized carbons (Fsp3) is 0.143. The lowest BCUT2D eigenvalue weighted by Crippen LogP contribution is -2.21. The molecule has 0 aliphatic heterocycles. The molecule has 1 amide bonds. The number of carbonyl (C=O) groups excluding carboxylic acids is 1. The van der Waals surface area contributed by atoms with Gasteiger partial charge in [0.1, 0.15) is 18.4 Å². The van der Waals surface area contributed by atoms with Crippen molar-refractivity contribution in [1.82, 2.24) is 19.9 Å². The second kappa shape index (κ2) is 6.08. The van der Waals surface area contributed by atoms with Gasteiger partial charge in [-0.15, -0.1) is 0 Å². The van der Waals surface area contributed by atoms with Crippen molar-refractivity contribution in [3.8, 4) is 11.6 Å². The fourth-order valence-electron chi connectivity index (χ4n) is 1.85. The third-order valence-electron chi connectivity index (χ3n) is 2.80. The van der Waals surface area contributed by atoms with Gasteiger partial charge in [0.15, 0.2) is 6.61 Å². The number of aromatic nitrogens is 4. The van der Waals surface area contributed by atoms with Gasteiger partial charge in [0.25, 0.3) is 11.8 Å². The molecule has 0 radical (unpaired) electrons. The maximum Gasteiger partial charge on any atom is 0.262 e. The number of aryl methyl sites for hydroxylation is 1. The normalized spacial score (nSPS) is 10.4. The summed E-state index contributed by atoms with van der Waals surface area (Å²) in [5, 5.41) is 10.5. The highest BCUT2D eigenvalue weighted by molar-refractivity contribution is 5.93. The molecule has 8 heteroatoms. The molecule has 1 N–H and O–H groups in total. The summed E-state index contributed by atoms with van der Waals surface area (Å²) in [6.07, 6.45) is 2.98. The molecule has 112 valence electrons. The Morgan fingerprint density at radius 2 is 2.27 bits per heavy atom. The van der Waals surface area contributed by atoms with E-state index in [9.17, 15) is 4.79 Å². The van der Waals surface area contributed by atoms with E-state index in [0.717, 1.165) is 0 Å². The van der Waals surface area contributed by atoms with Crippen LogP contribution < -0.4 is 10.1 Å². The zero-order chi connectivity index (χ0) is 15.4. The maximum atomic E-state index is 12.0. The summed E-state index contributed by atoms with van der Waals surface area (Å²) in [7, 11) is 0. The van der Waals surface area contributed by atoms with Gasteiger partial charge in [0.05, 0.1) is 11.4 Å². The van der Waals surface area contributed by atoms with E-state index in [1.165, 1.54) is 6.33 Å². The standard InChI is InChI=1S/C14H13N5O3/c1-10-6-14(18-22-10)21-7-13(20)17-11-4-2-3-5-12(11)19-9-15-8-16-19/h2-6,8-9H,7H2,1H3,(H,17,20). The predicted molar refractivity (Wildman–Crippen MR) is 76.7 cm³/mol. The molecule has 2 aromatic heterocycles. The lowest BCUT2D eigenvalue weighted by molar-refractivity contribution is -0.118. The molecule has 2 heterocycles. The van der Waals surface area contributed by atoms with Crippen LogP contribution in [0.1, 0.15) is 5.76 Å². The number of hydrogen-bond donors (Lipinski definition) is 1. The van der Waals surface area contributed by atoms with Gasteiger partial charge in [-0.2, -0.15) is 5.10 Å². The summed E-state index contributed by atoms with van der Waals surface area (Å²) in [5.74, 6) is 0.581. The number of amides is 1. The van der Waals surface area contributed by atoms with E-state index in [2.05, 4.69) is 20.6 Å². The highest BCUT2D eigenvalue weighted by Gasteiger charge is 2.10. The Morgan fingerprint density at radius 3 is 3.00 bits per heavy atom. The van der Waals surface area contributed by atoms with Crippen LogP contribution in [0.25, 0.3) is 5.69 Å². The van der Waals surface area contributed by atoms with E-state index < -0.39 is 0 Å². The molecule has 3 rings (SSSR count). The highest BCUT2D eigenvalue weighted by Crippen LogP contribution is 2.18. The van der Waals surface area contributed by atoms with Crippen molar-refractivity contribution in [2.45, 2.75) is 6.92 Å². The van der Waals surface area contributed by atoms with Crippen LogP contribution in [0.3, 0.4) is 0 Å². The third kappa shape index (κ3) is 3.11. The molecule has 0 spiro atoms. The molecule has 0 aliphatic rings. The Balaban J connectivity index is 1.67. The molecular formula is C14H13N5O3. The lowest BCUT2D eigenvalue weighted by Gasteiger charge is -2.10. The van der Waals surface area contributed by atoms with Crippen molar-refractivity contribution < 1.29 is 14.1 Å². The molecule has 8 nitrogen and oxygen atoms in total. The lowest BCUT2D eigenvalue weighted by atomic mass is 10.2. The van der Waals surface area contributed by atoms with Gasteiger partial charge in [-0.3, -0.25) is 4.79 Å². The van der Waals surface area contributed by atoms with Gasteiger partial charge in [0.2, 0.25) is 0 Å². The first-order valence-corrected chi connectivity index (χ1v) is 6.52. The summed E-state index contributed by atoms with van der Waals surface area (Å²) in [5.41, 5.74) is 1.32. The molecule has 0 aliphatic carbocycles. The summed E-state index contributed by atoms with van der Waals surface area (Å²) in [6, 6.07) is 8.87. The summed E-state index contributed by atoms with van der Waals surface area (Å²) < 4.78 is 11.7. The molecule has 0 saturated heterocycles. The van der Waals surface area contributed by atoms with Crippen molar-refractivity contribution in [3.05, 3.63) is 48.7 Å². The zero-order valence-corrected chi connectivity index (χ0v) is 11.8. The monoisotopic (exact) mass is 299 g/mol. The molecule has 22 heavy (non-hydrogen) atoms. The van der Waals surface area contributed by atoms with Crippen LogP contribution in [0.2, 0.25) is 0 Å². The summed E-state index contributed by atoms with van der Waals surface area (Å²) in [4.78, 5) is 15.9. The first kappa shape index (κ1) is 13.8. The second-order valence-electron chi connectivity index (χ2n) is 4.47. The molecule has 0 atom stereocenters. The fourth-order valence-corrected chi connectivity index (χ4v) is 1.85. The van der Waals surface area contributed by atoms with Gasteiger partial charge in [-0.05, 0) is 24.2 Å². The zero-order valence-electron chi connectivity index (χ0n) is 11.8. The molecule has 0 bridgehead atoms. The quantitative estimate of drug-likeness (QED) is 0.768. The van der Waals surface area contributed by atoms with Gasteiger partial charge in [0, 0.05) is 6.07 Å². The van der Waals surface area contributed by atoms with Crippen LogP contribution in [-0.4, -0.2) is 32.4 Å². The molecular weight excluding hydrogens is 286 g/mol. The van der Waals surface area contributed by atoms with Crippen LogP contribution in [-0.2, 0) is 4.79 Å². The number of benzene rings is 1. The number of hydrogen-bond acceptors (Lipinski definition) is 6. The van der Waals surface area contributed by atoms with E-state index >= 15 is 0 Å². The van der Waals surface area contributed by atoms with Crippen molar-refractivity contribution in [2.75, 3.05) is 11.9 Å². The van der Waals surface area contributed by atoms with Gasteiger partial charge in [-0.1, -0.05) is 12.1 Å². The minimum atomic E-state index is -0.312. The number of para-hydroxylation sites is 2. The molecule has 3 aromatic rings. The van der Waals surface area contributed by atoms with Crippen LogP contribution in [0, 0.1) is 6.92 Å². The van der Waals surface area contributed by atoms with E-state index in [1.807, 2.05) is 18.2 Å². The Morgan fingerprint density at radius 1 is 1.41 bits per heavy atom. The number of nitrogens with zero attached hydrogens (tertiary/aromatic N) is 4. The average Bonchev–Trinajstić information content (AvgIpc) is 3.17. The third-order valence-corrected chi connectivity index (χ3v) is 2.80. The van der Waals surface area contributed by atoms with E-state index in [0.29, 0.717) is 17.1 Å². The van der Waals surface area contributed by atoms with Crippen LogP contribution in [0.15, 0.2) is 47.5 Å². The first-order chi connectivity index (χ1) is 10.7. The van der Waals surface area contributed by atoms with Crippen molar-refractivity contribution in [1.29, 1.82) is 0 Å². The van der Waals surface area contributed by atoms with Gasteiger partial charge >= 0.3 is 0 Å². The molecule has 0 saturated carbocycles. The number of rotatable bonds is 5. The second-order valence-corrected chi connectivity index (χ2v) is 4.47. The average molecular weight is 299 g/mol. The Hall–Kier alpha value is -3.16. The Kier molecular flexibility index (Phi) is 3.82. The highest BCUT2D eigenvalue weighted by atomic mass is 16.5. The smallest absolute Gasteiger partial charge is 0.262 e. The topological polar surface area (TPSA) is 95.1 Å². The number of nitrogens with one attached hydrogen (secondary N) is 1. The van der Waals surface area contributed by atoms with Crippen LogP contribution >= 0.6 is 0 Å². The van der Waals surface area contributed by atoms with Gasteiger partial charge < -0.3 is 14.6 Å². The van der Waals surface area contributed by atoms with Crippen molar-refractivity contribution >= 4 is 11.6 Å². The summed E-state index contributed by atoms with van der Waals surface area (Å²) in [6.45, 7) is 1.58. The van der Waals surface area contributed by atoms with E-state index in [1.54, 1.807) is 30.1 Å². The van der Waals surface area contributed by atoms with Crippen LogP contribution in [0.4, 0.5) is 5.69 Å². The molecule has 0 fully saturated rings. The Bertz CT molecular complexity index is 766. The minimum absolute atomic E-state index is 0.169. The largest absolute Gasteiger partial charge is 0.465 e. The van der Waals surface area contributed by atoms with Crippen molar-refractivity contribution in [3.63, 3.8) is 0 Å². The minimum Gasteiger partial charge on any atom is -0.465 e. The van der Waals surface area contributed by atoms with Crippen LogP contribution in [0.5, 0.6) is 5.88 Å². The SMILES string of the molecule is Cc1cc(OCC(=O)Nc2ccccc2-n2cncn2)no1.